The molecular weight excluding hydrogens is 521 g/mol. The number of terminal acetylenes is 1. The van der Waals surface area contributed by atoms with Gasteiger partial charge in [-0.1, -0.05) is 18.1 Å². The molecule has 4 atom stereocenters. The van der Waals surface area contributed by atoms with E-state index < -0.39 is 6.17 Å². The topological polar surface area (TPSA) is 102 Å². The van der Waals surface area contributed by atoms with Gasteiger partial charge in [-0.3, -0.25) is 4.90 Å². The van der Waals surface area contributed by atoms with Crippen LogP contribution in [0.25, 0.3) is 33.3 Å². The van der Waals surface area contributed by atoms with Crippen LogP contribution in [0.15, 0.2) is 30.3 Å². The van der Waals surface area contributed by atoms with Gasteiger partial charge >= 0.3 is 6.01 Å². The molecule has 8 rings (SSSR count). The number of alkyl halides is 1. The minimum Gasteiger partial charge on any atom is -0.508 e. The third-order valence-electron chi connectivity index (χ3n) is 9.42. The first-order chi connectivity index (χ1) is 20.0. The lowest BCUT2D eigenvalue weighted by Crippen LogP contribution is -2.51. The van der Waals surface area contributed by atoms with E-state index in [0.717, 1.165) is 67.5 Å². The van der Waals surface area contributed by atoms with Crippen molar-refractivity contribution >= 4 is 27.8 Å². The Morgan fingerprint density at radius 1 is 1.15 bits per heavy atom. The van der Waals surface area contributed by atoms with Crippen LogP contribution in [0.2, 0.25) is 0 Å². The Bertz CT molecular complexity index is 1700. The molecule has 2 aromatic carbocycles. The van der Waals surface area contributed by atoms with Crippen LogP contribution in [0.1, 0.15) is 37.7 Å². The number of phenolic OH excluding ortho intramolecular Hbond substituents is 1. The van der Waals surface area contributed by atoms with Gasteiger partial charge in [0.1, 0.15) is 24.4 Å². The molecule has 2 unspecified atom stereocenters. The molecule has 4 aliphatic heterocycles. The zero-order chi connectivity index (χ0) is 27.7. The molecule has 6 heterocycles. The number of anilines is 1. The van der Waals surface area contributed by atoms with Crippen LogP contribution in [0, 0.1) is 12.3 Å². The monoisotopic (exact) mass is 553 g/mol. The fourth-order valence-corrected chi connectivity index (χ4v) is 7.61. The number of hydrogen-bond donors (Lipinski definition) is 3. The molecule has 10 heteroatoms. The first-order valence-corrected chi connectivity index (χ1v) is 14.5. The van der Waals surface area contributed by atoms with E-state index in [-0.39, 0.29) is 17.3 Å². The molecule has 210 valence electrons. The highest BCUT2D eigenvalue weighted by Gasteiger charge is 2.49. The van der Waals surface area contributed by atoms with Crippen molar-refractivity contribution in [2.24, 2.45) is 0 Å². The number of aromatic hydroxyl groups is 1. The van der Waals surface area contributed by atoms with Crippen LogP contribution >= 0.6 is 0 Å². The van der Waals surface area contributed by atoms with Crippen LogP contribution < -0.4 is 15.0 Å². The van der Waals surface area contributed by atoms with Crippen molar-refractivity contribution in [1.29, 1.82) is 0 Å². The van der Waals surface area contributed by atoms with Gasteiger partial charge in [0.2, 0.25) is 0 Å². The first-order valence-electron chi connectivity index (χ1n) is 14.5. The molecule has 4 aromatic rings. The third-order valence-corrected chi connectivity index (χ3v) is 9.42. The van der Waals surface area contributed by atoms with E-state index in [1.165, 1.54) is 0 Å². The summed E-state index contributed by atoms with van der Waals surface area (Å²) in [5.74, 6) is 4.17. The predicted octanol–water partition coefficient (Wildman–Crippen LogP) is 3.76. The van der Waals surface area contributed by atoms with E-state index in [2.05, 4.69) is 26.0 Å². The van der Waals surface area contributed by atoms with Crippen LogP contribution in [0.5, 0.6) is 11.8 Å². The Morgan fingerprint density at radius 2 is 2.00 bits per heavy atom. The van der Waals surface area contributed by atoms with Gasteiger partial charge in [0.25, 0.3) is 0 Å². The molecule has 3 N–H and O–H groups in total. The number of imidazole rings is 1. The highest BCUT2D eigenvalue weighted by Crippen LogP contribution is 2.41. The average Bonchev–Trinajstić information content (AvgIpc) is 3.72. The number of aromatic nitrogens is 4. The summed E-state index contributed by atoms with van der Waals surface area (Å²) >= 11 is 0. The normalized spacial score (nSPS) is 27.5. The summed E-state index contributed by atoms with van der Waals surface area (Å²) in [5, 5.41) is 15.9. The second-order valence-corrected chi connectivity index (χ2v) is 12.1. The van der Waals surface area contributed by atoms with E-state index >= 15 is 0 Å². The Labute approximate surface area is 237 Å². The Morgan fingerprint density at radius 3 is 2.83 bits per heavy atom. The minimum absolute atomic E-state index is 0.124. The molecule has 0 radical (unpaired) electrons. The van der Waals surface area contributed by atoms with Crippen LogP contribution in [0.4, 0.5) is 10.2 Å². The van der Waals surface area contributed by atoms with Crippen molar-refractivity contribution in [3.63, 3.8) is 0 Å². The summed E-state index contributed by atoms with van der Waals surface area (Å²) in [6.45, 7) is 3.37. The molecule has 0 spiro atoms. The Balaban J connectivity index is 1.23. The zero-order valence-corrected chi connectivity index (χ0v) is 22.7. The average molecular weight is 554 g/mol. The number of piperazine rings is 1. The number of nitrogens with zero attached hydrogens (tertiary/aromatic N) is 5. The smallest absolute Gasteiger partial charge is 0.320 e. The Kier molecular flexibility index (Phi) is 5.63. The number of nitrogens with one attached hydrogen (secondary N) is 2. The molecular formula is C31H32FN7O2. The summed E-state index contributed by atoms with van der Waals surface area (Å²) in [6.07, 6.45) is 9.76. The number of fused-ring (bicyclic) bond motifs is 5. The standard InChI is InChI=1S/C31H32FN7O2/c1-2-18-5-3-6-19-11-23(40)12-24(25(18)19)27-34-26-28(35-27)36-30(37-29(26)38-15-21-7-8-22(16-38)33-21)41-17-31-9-4-10-39(31)14-20(32)13-31/h1,3,5-6,11-12,20-22,33,40H,4,7-10,13-17H2,(H,34,35,36,37)/t20-,21?,22?,31+/m1/s1. The van der Waals surface area contributed by atoms with Crippen LogP contribution in [-0.2, 0) is 0 Å². The minimum atomic E-state index is -0.825. The molecule has 4 aliphatic rings. The predicted molar refractivity (Wildman–Crippen MR) is 155 cm³/mol. The molecule has 0 saturated carbocycles. The lowest BCUT2D eigenvalue weighted by molar-refractivity contribution is 0.107. The van der Waals surface area contributed by atoms with E-state index in [1.807, 2.05) is 18.2 Å². The summed E-state index contributed by atoms with van der Waals surface area (Å²) in [6, 6.07) is 10.1. The number of benzene rings is 2. The molecule has 0 amide bonds. The number of aromatic amines is 1. The van der Waals surface area contributed by atoms with Gasteiger partial charge in [0.05, 0.1) is 5.54 Å². The quantitative estimate of drug-likeness (QED) is 0.321. The van der Waals surface area contributed by atoms with Crippen LogP contribution in [-0.4, -0.2) is 86.5 Å². The van der Waals surface area contributed by atoms with Gasteiger partial charge in [-0.15, -0.1) is 6.42 Å². The lowest BCUT2D eigenvalue weighted by atomic mass is 9.95. The van der Waals surface area contributed by atoms with Crippen molar-refractivity contribution in [3.05, 3.63) is 35.9 Å². The largest absolute Gasteiger partial charge is 0.508 e. The summed E-state index contributed by atoms with van der Waals surface area (Å²) < 4.78 is 20.7. The molecule has 4 fully saturated rings. The van der Waals surface area contributed by atoms with Crippen molar-refractivity contribution in [2.45, 2.75) is 55.9 Å². The Hall–Kier alpha value is -3.94. The van der Waals surface area contributed by atoms with Crippen molar-refractivity contribution in [3.8, 4) is 35.5 Å². The van der Waals surface area contributed by atoms with E-state index in [1.54, 1.807) is 12.1 Å². The highest BCUT2D eigenvalue weighted by atomic mass is 19.1. The van der Waals surface area contributed by atoms with Gasteiger partial charge in [-0.2, -0.15) is 9.97 Å². The van der Waals surface area contributed by atoms with Crippen molar-refractivity contribution in [1.82, 2.24) is 30.2 Å². The van der Waals surface area contributed by atoms with Gasteiger partial charge < -0.3 is 25.0 Å². The van der Waals surface area contributed by atoms with E-state index in [0.29, 0.717) is 54.2 Å². The number of phenols is 1. The van der Waals surface area contributed by atoms with Gasteiger partial charge in [0, 0.05) is 54.7 Å². The fourth-order valence-electron chi connectivity index (χ4n) is 7.61. The maximum atomic E-state index is 14.4. The van der Waals surface area contributed by atoms with Gasteiger partial charge in [-0.05, 0) is 55.8 Å². The lowest BCUT2D eigenvalue weighted by Gasteiger charge is -2.34. The number of rotatable bonds is 5. The molecule has 2 aromatic heterocycles. The molecule has 0 aliphatic carbocycles. The van der Waals surface area contributed by atoms with Crippen LogP contribution in [0.3, 0.4) is 0 Å². The maximum absolute atomic E-state index is 14.4. The van der Waals surface area contributed by atoms with E-state index in [4.69, 9.17) is 26.1 Å². The molecule has 2 bridgehead atoms. The highest BCUT2D eigenvalue weighted by molar-refractivity contribution is 6.01. The SMILES string of the molecule is C#Cc1cccc2cc(O)cc(-c3nc4c(N5CC6CCC(C5)N6)nc(OC[C@@]56CCCN5C[C@H](F)C6)nc4[nH]3)c12. The fraction of sp³-hybridized carbons (Fsp3) is 0.452. The summed E-state index contributed by atoms with van der Waals surface area (Å²) in [7, 11) is 0. The zero-order valence-electron chi connectivity index (χ0n) is 22.7. The van der Waals surface area contributed by atoms with Crippen molar-refractivity contribution < 1.29 is 14.2 Å². The molecule has 4 saturated heterocycles. The van der Waals surface area contributed by atoms with Gasteiger partial charge in [0.15, 0.2) is 17.0 Å². The number of ether oxygens (including phenoxy) is 1. The molecule has 9 nitrogen and oxygen atoms in total. The second kappa shape index (κ2) is 9.29. The number of halogens is 1. The summed E-state index contributed by atoms with van der Waals surface area (Å²) in [4.78, 5) is 22.6. The third kappa shape index (κ3) is 4.10. The first kappa shape index (κ1) is 24.8. The number of hydrogen-bond acceptors (Lipinski definition) is 8. The number of H-pyrrole nitrogens is 1. The molecule has 41 heavy (non-hydrogen) atoms. The maximum Gasteiger partial charge on any atom is 0.320 e. The van der Waals surface area contributed by atoms with Gasteiger partial charge in [-0.25, -0.2) is 9.37 Å². The second-order valence-electron chi connectivity index (χ2n) is 12.1. The van der Waals surface area contributed by atoms with E-state index in [9.17, 15) is 9.50 Å². The summed E-state index contributed by atoms with van der Waals surface area (Å²) in [5.41, 5.74) is 2.32. The van der Waals surface area contributed by atoms with Crippen molar-refractivity contribution in [2.75, 3.05) is 37.7 Å².